The molecule has 0 radical (unpaired) electrons. The van der Waals surface area contributed by atoms with E-state index in [1.165, 1.54) is 5.56 Å². The van der Waals surface area contributed by atoms with Crippen LogP contribution in [0.25, 0.3) is 0 Å². The van der Waals surface area contributed by atoms with Gasteiger partial charge in [-0.25, -0.2) is 0 Å². The third kappa shape index (κ3) is 2.09. The lowest BCUT2D eigenvalue weighted by molar-refractivity contribution is -0.121. The van der Waals surface area contributed by atoms with Crippen LogP contribution in [0.5, 0.6) is 0 Å². The summed E-state index contributed by atoms with van der Waals surface area (Å²) in [5.41, 5.74) is 3.41. The molecule has 0 aromatic heterocycles. The number of amides is 1. The van der Waals surface area contributed by atoms with Crippen LogP contribution in [0.3, 0.4) is 0 Å². The molecule has 3 heteroatoms. The van der Waals surface area contributed by atoms with Crippen LogP contribution in [-0.2, 0) is 10.2 Å². The topological polar surface area (TPSA) is 32.3 Å². The Morgan fingerprint density at radius 1 is 1.33 bits per heavy atom. The van der Waals surface area contributed by atoms with E-state index >= 15 is 0 Å². The fourth-order valence-electron chi connectivity index (χ4n) is 2.42. The second kappa shape index (κ2) is 4.30. The lowest BCUT2D eigenvalue weighted by Crippen LogP contribution is -2.31. The van der Waals surface area contributed by atoms with Crippen molar-refractivity contribution in [2.45, 2.75) is 33.1 Å². The highest BCUT2D eigenvalue weighted by atomic mass is 16.2. The molecule has 0 fully saturated rings. The zero-order chi connectivity index (χ0) is 13.5. The summed E-state index contributed by atoms with van der Waals surface area (Å²) in [6.45, 7) is 9.25. The number of hydrogen-bond acceptors (Lipinski definition) is 2. The number of nitrogens with zero attached hydrogens (tertiary/aromatic N) is 1. The van der Waals surface area contributed by atoms with Gasteiger partial charge in [-0.2, -0.15) is 0 Å². The molecule has 1 N–H and O–H groups in total. The molecule has 0 saturated carbocycles. The second-order valence-electron chi connectivity index (χ2n) is 6.13. The van der Waals surface area contributed by atoms with E-state index < -0.39 is 0 Å². The Labute approximate surface area is 109 Å². The van der Waals surface area contributed by atoms with Crippen LogP contribution in [0.4, 0.5) is 11.4 Å². The van der Waals surface area contributed by atoms with Crippen LogP contribution in [-0.4, -0.2) is 19.5 Å². The summed E-state index contributed by atoms with van der Waals surface area (Å²) >= 11 is 0. The highest BCUT2D eigenvalue weighted by Gasteiger charge is 2.28. The molecule has 1 amide bonds. The summed E-state index contributed by atoms with van der Waals surface area (Å²) < 4.78 is 0. The number of carbonyl (C=O) groups excluding carboxylic acids is 1. The fourth-order valence-corrected chi connectivity index (χ4v) is 2.42. The number of hydrogen-bond donors (Lipinski definition) is 1. The molecule has 18 heavy (non-hydrogen) atoms. The molecule has 1 aliphatic heterocycles. The van der Waals surface area contributed by atoms with E-state index in [1.54, 1.807) is 4.90 Å². The Hall–Kier alpha value is -1.51. The Morgan fingerprint density at radius 2 is 2.00 bits per heavy atom. The average Bonchev–Trinajstić information content (AvgIpc) is 2.41. The highest BCUT2D eigenvalue weighted by molar-refractivity contribution is 5.99. The Bertz CT molecular complexity index is 474. The number of rotatable bonds is 0. The summed E-state index contributed by atoms with van der Waals surface area (Å²) in [7, 11) is 1.86. The molecule has 1 heterocycles. The van der Waals surface area contributed by atoms with E-state index in [-0.39, 0.29) is 17.2 Å². The zero-order valence-electron chi connectivity index (χ0n) is 11.9. The van der Waals surface area contributed by atoms with Crippen molar-refractivity contribution in [3.05, 3.63) is 23.8 Å². The number of anilines is 2. The summed E-state index contributed by atoms with van der Waals surface area (Å²) in [5, 5.41) is 3.45. The predicted octanol–water partition coefficient (Wildman–Crippen LogP) is 3.01. The highest BCUT2D eigenvalue weighted by Crippen LogP contribution is 2.38. The van der Waals surface area contributed by atoms with Gasteiger partial charge in [-0.15, -0.1) is 0 Å². The maximum absolute atomic E-state index is 12.2. The number of para-hydroxylation sites is 1. The van der Waals surface area contributed by atoms with Gasteiger partial charge in [0.25, 0.3) is 0 Å². The molecular weight excluding hydrogens is 224 g/mol. The molecule has 98 valence electrons. The Balaban J connectivity index is 2.58. The fraction of sp³-hybridized carbons (Fsp3) is 0.533. The summed E-state index contributed by atoms with van der Waals surface area (Å²) in [4.78, 5) is 13.9. The molecule has 0 bridgehead atoms. The number of fused-ring (bicyclic) bond motifs is 1. The van der Waals surface area contributed by atoms with Crippen LogP contribution in [0.1, 0.15) is 33.3 Å². The molecule has 2 rings (SSSR count). The largest absolute Gasteiger partial charge is 0.382 e. The van der Waals surface area contributed by atoms with E-state index in [0.717, 1.165) is 11.4 Å². The van der Waals surface area contributed by atoms with Gasteiger partial charge < -0.3 is 10.2 Å². The van der Waals surface area contributed by atoms with Gasteiger partial charge in [-0.05, 0) is 17.0 Å². The molecular formula is C15H22N2O. The normalized spacial score (nSPS) is 20.2. The molecule has 1 unspecified atom stereocenters. The van der Waals surface area contributed by atoms with Crippen LogP contribution in [0.15, 0.2) is 18.2 Å². The van der Waals surface area contributed by atoms with Crippen molar-refractivity contribution in [1.29, 1.82) is 0 Å². The minimum atomic E-state index is 0.00946. The van der Waals surface area contributed by atoms with Gasteiger partial charge >= 0.3 is 0 Å². The van der Waals surface area contributed by atoms with Crippen molar-refractivity contribution in [1.82, 2.24) is 0 Å². The number of carbonyl (C=O) groups is 1. The van der Waals surface area contributed by atoms with Gasteiger partial charge in [0.2, 0.25) is 5.91 Å². The standard InChI is InChI=1S/C15H22N2O/c1-10-9-16-13-11(15(2,3)4)7-6-8-12(13)17(5)14(10)18/h6-8,10,16H,9H2,1-5H3. The molecule has 3 nitrogen and oxygen atoms in total. The first-order valence-corrected chi connectivity index (χ1v) is 6.47. The Morgan fingerprint density at radius 3 is 2.61 bits per heavy atom. The van der Waals surface area contributed by atoms with E-state index in [0.29, 0.717) is 6.54 Å². The second-order valence-corrected chi connectivity index (χ2v) is 6.13. The minimum Gasteiger partial charge on any atom is -0.382 e. The predicted molar refractivity (Wildman–Crippen MR) is 76.2 cm³/mol. The van der Waals surface area contributed by atoms with Gasteiger partial charge in [0.05, 0.1) is 17.3 Å². The van der Waals surface area contributed by atoms with Crippen molar-refractivity contribution in [3.63, 3.8) is 0 Å². The lowest BCUT2D eigenvalue weighted by atomic mass is 9.85. The van der Waals surface area contributed by atoms with Crippen LogP contribution < -0.4 is 10.2 Å². The van der Waals surface area contributed by atoms with Gasteiger partial charge in [-0.1, -0.05) is 39.8 Å². The molecule has 0 aliphatic carbocycles. The Kier molecular flexibility index (Phi) is 3.09. The van der Waals surface area contributed by atoms with Gasteiger partial charge in [0, 0.05) is 13.6 Å². The molecule has 1 aromatic carbocycles. The van der Waals surface area contributed by atoms with Crippen molar-refractivity contribution >= 4 is 17.3 Å². The summed E-state index contributed by atoms with van der Waals surface area (Å²) in [6, 6.07) is 6.18. The SMILES string of the molecule is CC1CNc2c(cccc2C(C)(C)C)N(C)C1=O. The first-order chi connectivity index (χ1) is 8.32. The minimum absolute atomic E-state index is 0.00946. The van der Waals surface area contributed by atoms with E-state index in [9.17, 15) is 4.79 Å². The van der Waals surface area contributed by atoms with Crippen molar-refractivity contribution < 1.29 is 4.79 Å². The van der Waals surface area contributed by atoms with Gasteiger partial charge in [0.15, 0.2) is 0 Å². The van der Waals surface area contributed by atoms with E-state index in [1.807, 2.05) is 26.1 Å². The van der Waals surface area contributed by atoms with Crippen molar-refractivity contribution in [2.75, 3.05) is 23.8 Å². The zero-order valence-corrected chi connectivity index (χ0v) is 11.9. The van der Waals surface area contributed by atoms with Crippen LogP contribution in [0.2, 0.25) is 0 Å². The molecule has 1 aromatic rings. The molecule has 0 saturated heterocycles. The molecule has 0 spiro atoms. The number of nitrogens with one attached hydrogen (secondary N) is 1. The third-order valence-electron chi connectivity index (χ3n) is 3.55. The average molecular weight is 246 g/mol. The van der Waals surface area contributed by atoms with Crippen LogP contribution in [0, 0.1) is 5.92 Å². The third-order valence-corrected chi connectivity index (χ3v) is 3.55. The van der Waals surface area contributed by atoms with Gasteiger partial charge in [-0.3, -0.25) is 4.79 Å². The van der Waals surface area contributed by atoms with E-state index in [4.69, 9.17) is 0 Å². The summed E-state index contributed by atoms with van der Waals surface area (Å²) in [6.07, 6.45) is 0. The first kappa shape index (κ1) is 12.9. The maximum Gasteiger partial charge on any atom is 0.231 e. The van der Waals surface area contributed by atoms with Crippen molar-refractivity contribution in [2.24, 2.45) is 5.92 Å². The maximum atomic E-state index is 12.2. The first-order valence-electron chi connectivity index (χ1n) is 6.47. The quantitative estimate of drug-likeness (QED) is 0.763. The molecule has 1 atom stereocenters. The van der Waals surface area contributed by atoms with E-state index in [2.05, 4.69) is 32.2 Å². The smallest absolute Gasteiger partial charge is 0.231 e. The summed E-state index contributed by atoms with van der Waals surface area (Å²) in [5.74, 6) is 0.183. The lowest BCUT2D eigenvalue weighted by Gasteiger charge is -2.26. The monoisotopic (exact) mass is 246 g/mol. The molecule has 1 aliphatic rings. The van der Waals surface area contributed by atoms with Gasteiger partial charge in [0.1, 0.15) is 0 Å². The van der Waals surface area contributed by atoms with Crippen LogP contribution >= 0.6 is 0 Å². The van der Waals surface area contributed by atoms with Crippen molar-refractivity contribution in [3.8, 4) is 0 Å². The number of benzene rings is 1.